The van der Waals surface area contributed by atoms with Crippen LogP contribution >= 0.6 is 0 Å². The van der Waals surface area contributed by atoms with Gasteiger partial charge in [0.15, 0.2) is 0 Å². The van der Waals surface area contributed by atoms with Gasteiger partial charge in [-0.25, -0.2) is 13.1 Å². The van der Waals surface area contributed by atoms with Crippen molar-refractivity contribution in [1.29, 1.82) is 0 Å². The molecule has 1 aliphatic rings. The highest BCUT2D eigenvalue weighted by molar-refractivity contribution is 7.89. The summed E-state index contributed by atoms with van der Waals surface area (Å²) < 4.78 is 33.7. The molecule has 4 rings (SSSR count). The molecule has 7 nitrogen and oxygen atoms in total. The van der Waals surface area contributed by atoms with Gasteiger partial charge < -0.3 is 15.4 Å². The molecule has 8 heteroatoms. The molecule has 0 saturated carbocycles. The van der Waals surface area contributed by atoms with Crippen molar-refractivity contribution in [2.75, 3.05) is 26.7 Å². The average Bonchev–Trinajstić information content (AvgIpc) is 2.92. The van der Waals surface area contributed by atoms with Crippen molar-refractivity contribution in [3.05, 3.63) is 95.6 Å². The van der Waals surface area contributed by atoms with E-state index in [1.165, 1.54) is 0 Å². The Labute approximate surface area is 219 Å². The monoisotopic (exact) mass is 521 g/mol. The molecule has 3 N–H and O–H groups in total. The van der Waals surface area contributed by atoms with E-state index in [4.69, 9.17) is 4.74 Å². The Morgan fingerprint density at radius 3 is 2.38 bits per heavy atom. The molecule has 0 bridgehead atoms. The molecule has 3 aromatic carbocycles. The summed E-state index contributed by atoms with van der Waals surface area (Å²) in [7, 11) is -2.01. The molecule has 0 radical (unpaired) electrons. The third-order valence-corrected chi connectivity index (χ3v) is 8.35. The van der Waals surface area contributed by atoms with Gasteiger partial charge in [-0.15, -0.1) is 0 Å². The Hall–Kier alpha value is -3.20. The van der Waals surface area contributed by atoms with E-state index < -0.39 is 10.0 Å². The first-order valence-electron chi connectivity index (χ1n) is 12.6. The second-order valence-electron chi connectivity index (χ2n) is 9.63. The summed E-state index contributed by atoms with van der Waals surface area (Å²) >= 11 is 0. The van der Waals surface area contributed by atoms with Crippen LogP contribution in [0.25, 0.3) is 0 Å². The molecule has 0 spiro atoms. The van der Waals surface area contributed by atoms with Crippen molar-refractivity contribution in [2.24, 2.45) is 5.92 Å². The van der Waals surface area contributed by atoms with Gasteiger partial charge in [0.05, 0.1) is 17.9 Å². The molecule has 1 amide bonds. The highest BCUT2D eigenvalue weighted by Crippen LogP contribution is 2.23. The van der Waals surface area contributed by atoms with Crippen molar-refractivity contribution in [1.82, 2.24) is 15.4 Å². The molecule has 1 fully saturated rings. The number of hydrogen-bond acceptors (Lipinski definition) is 5. The van der Waals surface area contributed by atoms with Gasteiger partial charge in [0.25, 0.3) is 0 Å². The number of carbonyl (C=O) groups excluding carboxylic acids is 1. The van der Waals surface area contributed by atoms with Crippen molar-refractivity contribution in [3.63, 3.8) is 0 Å². The van der Waals surface area contributed by atoms with E-state index in [0.717, 1.165) is 28.9 Å². The third kappa shape index (κ3) is 7.41. The minimum atomic E-state index is -3.66. The van der Waals surface area contributed by atoms with Crippen LogP contribution in [0.15, 0.2) is 83.8 Å². The zero-order valence-corrected chi connectivity index (χ0v) is 22.1. The summed E-state index contributed by atoms with van der Waals surface area (Å²) in [6, 6.07) is 24.5. The van der Waals surface area contributed by atoms with Crippen molar-refractivity contribution >= 4 is 15.9 Å². The fourth-order valence-corrected chi connectivity index (χ4v) is 5.93. The number of methoxy groups -OCH3 is 1. The summed E-state index contributed by atoms with van der Waals surface area (Å²) in [5, 5.41) is 6.35. The van der Waals surface area contributed by atoms with Gasteiger partial charge >= 0.3 is 0 Å². The van der Waals surface area contributed by atoms with Crippen molar-refractivity contribution in [2.45, 2.75) is 36.6 Å². The number of nitrogens with one attached hydrogen (secondary N) is 3. The maximum Gasteiger partial charge on any atom is 0.240 e. The number of ether oxygens (including phenoxy) is 1. The molecular formula is C29H35N3O4S. The molecule has 196 valence electrons. The summed E-state index contributed by atoms with van der Waals surface area (Å²) in [5.41, 5.74) is 3.31. The van der Waals surface area contributed by atoms with Crippen LogP contribution in [0.5, 0.6) is 5.75 Å². The summed E-state index contributed by atoms with van der Waals surface area (Å²) in [5.74, 6) is 0.524. The van der Waals surface area contributed by atoms with Gasteiger partial charge in [0.2, 0.25) is 15.9 Å². The smallest absolute Gasteiger partial charge is 0.240 e. The molecule has 3 aromatic rings. The average molecular weight is 522 g/mol. The number of rotatable bonds is 10. The van der Waals surface area contributed by atoms with Crippen LogP contribution in [-0.4, -0.2) is 47.1 Å². The maximum absolute atomic E-state index is 13.1. The van der Waals surface area contributed by atoms with Crippen LogP contribution in [-0.2, 0) is 21.2 Å². The van der Waals surface area contributed by atoms with E-state index in [1.807, 2.05) is 49.4 Å². The second kappa shape index (κ2) is 12.4. The molecule has 3 unspecified atom stereocenters. The third-order valence-electron chi connectivity index (χ3n) is 6.81. The summed E-state index contributed by atoms with van der Waals surface area (Å²) in [4.78, 5) is 13.4. The van der Waals surface area contributed by atoms with Gasteiger partial charge in [0, 0.05) is 31.6 Å². The number of hydrogen-bond donors (Lipinski definition) is 3. The van der Waals surface area contributed by atoms with Gasteiger partial charge in [-0.2, -0.15) is 0 Å². The fourth-order valence-electron chi connectivity index (χ4n) is 4.68. The van der Waals surface area contributed by atoms with Crippen LogP contribution in [0, 0.1) is 12.8 Å². The first-order chi connectivity index (χ1) is 17.8. The molecule has 0 aromatic heterocycles. The molecule has 1 heterocycles. The summed E-state index contributed by atoms with van der Waals surface area (Å²) in [6.07, 6.45) is 1.22. The first-order valence-corrected chi connectivity index (χ1v) is 14.1. The van der Waals surface area contributed by atoms with E-state index in [2.05, 4.69) is 27.5 Å². The fraction of sp³-hybridized carbons (Fsp3) is 0.345. The lowest BCUT2D eigenvalue weighted by molar-refractivity contribution is -0.125. The lowest BCUT2D eigenvalue weighted by Gasteiger charge is -2.30. The Morgan fingerprint density at radius 2 is 1.70 bits per heavy atom. The van der Waals surface area contributed by atoms with E-state index in [1.54, 1.807) is 31.4 Å². The summed E-state index contributed by atoms with van der Waals surface area (Å²) in [6.45, 7) is 3.41. The zero-order valence-electron chi connectivity index (χ0n) is 21.3. The number of benzene rings is 3. The number of piperidine rings is 1. The largest absolute Gasteiger partial charge is 0.497 e. The molecular weight excluding hydrogens is 486 g/mol. The minimum Gasteiger partial charge on any atom is -0.497 e. The van der Waals surface area contributed by atoms with Gasteiger partial charge in [-0.1, -0.05) is 60.2 Å². The van der Waals surface area contributed by atoms with Crippen molar-refractivity contribution < 1.29 is 17.9 Å². The quantitative estimate of drug-likeness (QED) is 0.380. The number of sulfonamides is 1. The highest BCUT2D eigenvalue weighted by Gasteiger charge is 2.30. The predicted octanol–water partition coefficient (Wildman–Crippen LogP) is 3.40. The maximum atomic E-state index is 13.1. The Bertz CT molecular complexity index is 1260. The van der Waals surface area contributed by atoms with E-state index in [-0.39, 0.29) is 28.7 Å². The van der Waals surface area contributed by atoms with Gasteiger partial charge in [0.1, 0.15) is 5.75 Å². The van der Waals surface area contributed by atoms with E-state index in [9.17, 15) is 13.2 Å². The topological polar surface area (TPSA) is 96.5 Å². The second-order valence-corrected chi connectivity index (χ2v) is 11.3. The Morgan fingerprint density at radius 1 is 1.00 bits per heavy atom. The number of amides is 1. The molecule has 3 atom stereocenters. The number of carbonyl (C=O) groups is 1. The normalized spacial score (nSPS) is 18.6. The minimum absolute atomic E-state index is 0.0672. The lowest BCUT2D eigenvalue weighted by atomic mass is 9.91. The molecule has 1 saturated heterocycles. The van der Waals surface area contributed by atoms with Crippen LogP contribution in [0.1, 0.15) is 29.0 Å². The van der Waals surface area contributed by atoms with E-state index >= 15 is 0 Å². The number of aryl methyl sites for hydroxylation is 1. The Balaban J connectivity index is 1.37. The van der Waals surface area contributed by atoms with Crippen LogP contribution < -0.4 is 20.1 Å². The zero-order chi connectivity index (χ0) is 26.3. The lowest BCUT2D eigenvalue weighted by Crippen LogP contribution is -2.52. The first kappa shape index (κ1) is 26.9. The Kier molecular flexibility index (Phi) is 8.97. The van der Waals surface area contributed by atoms with Gasteiger partial charge in [-0.05, 0) is 55.2 Å². The molecule has 0 aliphatic carbocycles. The molecule has 1 aliphatic heterocycles. The van der Waals surface area contributed by atoms with Crippen molar-refractivity contribution in [3.8, 4) is 5.75 Å². The SMILES string of the molecule is COc1ccc(CC(CNC(=O)C2CNCC(NS(=O)(=O)c3ccc(C)cc3)C2)c2ccccc2)cc1. The highest BCUT2D eigenvalue weighted by atomic mass is 32.2. The predicted molar refractivity (Wildman–Crippen MR) is 145 cm³/mol. The van der Waals surface area contributed by atoms with Crippen LogP contribution in [0.4, 0.5) is 0 Å². The van der Waals surface area contributed by atoms with Crippen LogP contribution in [0.2, 0.25) is 0 Å². The molecule has 37 heavy (non-hydrogen) atoms. The van der Waals surface area contributed by atoms with E-state index in [0.29, 0.717) is 26.1 Å². The van der Waals surface area contributed by atoms with Crippen LogP contribution in [0.3, 0.4) is 0 Å². The standard InChI is InChI=1S/C29H35N3O4S/c1-21-8-14-28(15-9-21)37(34,35)32-26-17-25(18-30-20-26)29(33)31-19-24(23-6-4-3-5-7-23)16-22-10-12-27(36-2)13-11-22/h3-15,24-26,30,32H,16-20H2,1-2H3,(H,31,33). The van der Waals surface area contributed by atoms with Gasteiger partial charge in [-0.3, -0.25) is 4.79 Å².